The van der Waals surface area contributed by atoms with Gasteiger partial charge in [0, 0.05) is 31.2 Å². The zero-order valence-corrected chi connectivity index (χ0v) is 12.3. The number of fused-ring (bicyclic) bond motifs is 1. The van der Waals surface area contributed by atoms with Gasteiger partial charge >= 0.3 is 0 Å². The zero-order chi connectivity index (χ0) is 13.5. The lowest BCUT2D eigenvalue weighted by atomic mass is 9.74. The molecule has 0 spiro atoms. The fourth-order valence-corrected chi connectivity index (χ4v) is 3.42. The van der Waals surface area contributed by atoms with Gasteiger partial charge in [0.2, 0.25) is 0 Å². The molecule has 1 aromatic rings. The molecule has 0 saturated carbocycles. The Morgan fingerprint density at radius 3 is 3.00 bits per heavy atom. The third-order valence-electron chi connectivity index (χ3n) is 4.41. The summed E-state index contributed by atoms with van der Waals surface area (Å²) in [6.45, 7) is 9.62. The molecule has 1 fully saturated rings. The number of furan rings is 1. The van der Waals surface area contributed by atoms with E-state index in [9.17, 15) is 0 Å². The van der Waals surface area contributed by atoms with Gasteiger partial charge in [-0.3, -0.25) is 0 Å². The molecule has 19 heavy (non-hydrogen) atoms. The van der Waals surface area contributed by atoms with E-state index in [0.717, 1.165) is 31.9 Å². The topological polar surface area (TPSA) is 34.4 Å². The Morgan fingerprint density at radius 1 is 1.42 bits per heavy atom. The quantitative estimate of drug-likeness (QED) is 0.909. The van der Waals surface area contributed by atoms with Crippen LogP contribution in [0.15, 0.2) is 10.5 Å². The summed E-state index contributed by atoms with van der Waals surface area (Å²) in [6, 6.07) is 2.66. The first-order valence-corrected chi connectivity index (χ1v) is 7.44. The average molecular weight is 263 g/mol. The Hall–Kier alpha value is -0.800. The maximum Gasteiger partial charge on any atom is 0.109 e. The molecule has 0 bridgehead atoms. The predicted molar refractivity (Wildman–Crippen MR) is 75.2 cm³/mol. The van der Waals surface area contributed by atoms with E-state index in [-0.39, 0.29) is 0 Å². The molecule has 3 heteroatoms. The minimum atomic E-state index is 0.321. The van der Waals surface area contributed by atoms with Crippen molar-refractivity contribution in [1.82, 2.24) is 5.32 Å². The smallest absolute Gasteiger partial charge is 0.109 e. The molecule has 2 atom stereocenters. The SMILES string of the molecule is Cc1cc2c(o1)CC(C)(C)CC2NCC1CCOC1. The molecule has 1 aromatic heterocycles. The minimum Gasteiger partial charge on any atom is -0.466 e. The fourth-order valence-electron chi connectivity index (χ4n) is 3.42. The summed E-state index contributed by atoms with van der Waals surface area (Å²) >= 11 is 0. The third-order valence-corrected chi connectivity index (χ3v) is 4.41. The standard InChI is InChI=1S/C16H25NO2/c1-11-6-13-14(17-9-12-4-5-18-10-12)7-16(2,3)8-15(13)19-11/h6,12,14,17H,4-5,7-10H2,1-3H3. The highest BCUT2D eigenvalue weighted by Crippen LogP contribution is 2.42. The summed E-state index contributed by atoms with van der Waals surface area (Å²) < 4.78 is 11.3. The van der Waals surface area contributed by atoms with Crippen molar-refractivity contribution in [3.8, 4) is 0 Å². The van der Waals surface area contributed by atoms with Crippen LogP contribution in [-0.4, -0.2) is 19.8 Å². The van der Waals surface area contributed by atoms with Crippen LogP contribution in [0.5, 0.6) is 0 Å². The van der Waals surface area contributed by atoms with Crippen LogP contribution in [0.2, 0.25) is 0 Å². The maximum atomic E-state index is 5.88. The number of nitrogens with one attached hydrogen (secondary N) is 1. The Morgan fingerprint density at radius 2 is 2.26 bits per heavy atom. The van der Waals surface area contributed by atoms with Crippen molar-refractivity contribution >= 4 is 0 Å². The van der Waals surface area contributed by atoms with Gasteiger partial charge < -0.3 is 14.5 Å². The second kappa shape index (κ2) is 4.95. The Balaban J connectivity index is 1.72. The highest BCUT2D eigenvalue weighted by molar-refractivity contribution is 5.29. The molecule has 2 aliphatic rings. The van der Waals surface area contributed by atoms with E-state index in [0.29, 0.717) is 17.4 Å². The minimum absolute atomic E-state index is 0.321. The predicted octanol–water partition coefficient (Wildman–Crippen LogP) is 3.23. The van der Waals surface area contributed by atoms with E-state index in [1.807, 2.05) is 6.92 Å². The lowest BCUT2D eigenvalue weighted by Gasteiger charge is -2.35. The van der Waals surface area contributed by atoms with Gasteiger partial charge in [0.05, 0.1) is 6.61 Å². The second-order valence-electron chi connectivity index (χ2n) is 6.97. The van der Waals surface area contributed by atoms with E-state index in [1.54, 1.807) is 0 Å². The van der Waals surface area contributed by atoms with Crippen LogP contribution in [0, 0.1) is 18.3 Å². The molecule has 2 unspecified atom stereocenters. The summed E-state index contributed by atoms with van der Waals surface area (Å²) in [4.78, 5) is 0. The van der Waals surface area contributed by atoms with E-state index in [4.69, 9.17) is 9.15 Å². The molecule has 0 radical (unpaired) electrons. The van der Waals surface area contributed by atoms with E-state index >= 15 is 0 Å². The van der Waals surface area contributed by atoms with Gasteiger partial charge in [0.1, 0.15) is 11.5 Å². The fraction of sp³-hybridized carbons (Fsp3) is 0.750. The molecule has 3 rings (SSSR count). The van der Waals surface area contributed by atoms with Crippen molar-refractivity contribution in [1.29, 1.82) is 0 Å². The van der Waals surface area contributed by atoms with Gasteiger partial charge in [0.15, 0.2) is 0 Å². The molecule has 2 heterocycles. The number of rotatable bonds is 3. The average Bonchev–Trinajstić information content (AvgIpc) is 2.93. The summed E-state index contributed by atoms with van der Waals surface area (Å²) in [7, 11) is 0. The first kappa shape index (κ1) is 13.2. The van der Waals surface area contributed by atoms with Crippen LogP contribution in [-0.2, 0) is 11.2 Å². The van der Waals surface area contributed by atoms with Crippen LogP contribution < -0.4 is 5.32 Å². The van der Waals surface area contributed by atoms with Gasteiger partial charge in [-0.2, -0.15) is 0 Å². The molecule has 0 amide bonds. The molecule has 106 valence electrons. The second-order valence-corrected chi connectivity index (χ2v) is 6.97. The van der Waals surface area contributed by atoms with Gasteiger partial charge in [-0.25, -0.2) is 0 Å². The van der Waals surface area contributed by atoms with Crippen LogP contribution in [0.1, 0.15) is 49.8 Å². The van der Waals surface area contributed by atoms with Gasteiger partial charge in [-0.05, 0) is 37.2 Å². The summed E-state index contributed by atoms with van der Waals surface area (Å²) in [5, 5.41) is 3.75. The third kappa shape index (κ3) is 2.87. The van der Waals surface area contributed by atoms with Crippen LogP contribution >= 0.6 is 0 Å². The lowest BCUT2D eigenvalue weighted by Crippen LogP contribution is -2.35. The lowest BCUT2D eigenvalue weighted by molar-refractivity contribution is 0.181. The van der Waals surface area contributed by atoms with Crippen molar-refractivity contribution in [3.63, 3.8) is 0 Å². The van der Waals surface area contributed by atoms with Gasteiger partial charge in [0.25, 0.3) is 0 Å². The number of hydrogen-bond acceptors (Lipinski definition) is 3. The highest BCUT2D eigenvalue weighted by atomic mass is 16.5. The normalized spacial score (nSPS) is 29.4. The number of aryl methyl sites for hydroxylation is 1. The number of hydrogen-bond donors (Lipinski definition) is 1. The maximum absolute atomic E-state index is 5.88. The molecular weight excluding hydrogens is 238 g/mol. The van der Waals surface area contributed by atoms with E-state index < -0.39 is 0 Å². The molecule has 1 saturated heterocycles. The zero-order valence-electron chi connectivity index (χ0n) is 12.3. The summed E-state index contributed by atoms with van der Waals surface area (Å²) in [6.07, 6.45) is 3.44. The molecule has 1 N–H and O–H groups in total. The Kier molecular flexibility index (Phi) is 3.44. The van der Waals surface area contributed by atoms with Crippen molar-refractivity contribution in [2.45, 2.75) is 46.1 Å². The summed E-state index contributed by atoms with van der Waals surface area (Å²) in [5.74, 6) is 2.91. The first-order valence-electron chi connectivity index (χ1n) is 7.44. The molecule has 0 aromatic carbocycles. The van der Waals surface area contributed by atoms with Gasteiger partial charge in [-0.15, -0.1) is 0 Å². The Bertz CT molecular complexity index is 444. The largest absolute Gasteiger partial charge is 0.466 e. The van der Waals surface area contributed by atoms with Crippen LogP contribution in [0.4, 0.5) is 0 Å². The molecule has 3 nitrogen and oxygen atoms in total. The summed E-state index contributed by atoms with van der Waals surface area (Å²) in [5.41, 5.74) is 1.71. The highest BCUT2D eigenvalue weighted by Gasteiger charge is 2.34. The van der Waals surface area contributed by atoms with Crippen molar-refractivity contribution in [2.75, 3.05) is 19.8 Å². The van der Waals surface area contributed by atoms with Crippen LogP contribution in [0.25, 0.3) is 0 Å². The van der Waals surface area contributed by atoms with Crippen molar-refractivity contribution in [3.05, 3.63) is 23.2 Å². The van der Waals surface area contributed by atoms with Gasteiger partial charge in [-0.1, -0.05) is 13.8 Å². The molecular formula is C16H25NO2. The van der Waals surface area contributed by atoms with Crippen LogP contribution in [0.3, 0.4) is 0 Å². The Labute approximate surface area is 115 Å². The molecule has 1 aliphatic carbocycles. The van der Waals surface area contributed by atoms with Crippen molar-refractivity contribution in [2.24, 2.45) is 11.3 Å². The van der Waals surface area contributed by atoms with E-state index in [1.165, 1.54) is 24.2 Å². The van der Waals surface area contributed by atoms with E-state index in [2.05, 4.69) is 25.2 Å². The molecule has 1 aliphatic heterocycles. The monoisotopic (exact) mass is 263 g/mol. The first-order chi connectivity index (χ1) is 9.03. The van der Waals surface area contributed by atoms with Crippen molar-refractivity contribution < 1.29 is 9.15 Å². The number of ether oxygens (including phenoxy) is 1.